The lowest BCUT2D eigenvalue weighted by Crippen LogP contribution is -2.05. The molecule has 0 saturated heterocycles. The van der Waals surface area contributed by atoms with E-state index in [1.165, 1.54) is 19.2 Å². The van der Waals surface area contributed by atoms with Gasteiger partial charge in [0.1, 0.15) is 17.2 Å². The maximum Gasteiger partial charge on any atom is 0.434 e. The van der Waals surface area contributed by atoms with Crippen molar-refractivity contribution < 1.29 is 35.8 Å². The molecule has 5 nitrogen and oxygen atoms in total. The van der Waals surface area contributed by atoms with Crippen molar-refractivity contribution in [1.29, 1.82) is 0 Å². The minimum absolute atomic E-state index is 0.0264. The van der Waals surface area contributed by atoms with Gasteiger partial charge in [0.25, 0.3) is 0 Å². The SMILES string of the molecule is COc1ccc(COc2cc(-c3ccc(C(F)(F)F)s3)nc(-c3nc(C(F)(F)F)cs3)n2)cc1. The molecular formula is C21H13F6N3O2S2. The van der Waals surface area contributed by atoms with Crippen molar-refractivity contribution in [2.24, 2.45) is 0 Å². The molecule has 0 N–H and O–H groups in total. The first-order valence-electron chi connectivity index (χ1n) is 9.38. The first-order chi connectivity index (χ1) is 16.0. The number of hydrogen-bond donors (Lipinski definition) is 0. The molecule has 0 amide bonds. The van der Waals surface area contributed by atoms with E-state index in [1.54, 1.807) is 24.3 Å². The molecular weight excluding hydrogens is 504 g/mol. The van der Waals surface area contributed by atoms with Crippen LogP contribution in [0.1, 0.15) is 16.1 Å². The number of ether oxygens (including phenoxy) is 2. The zero-order valence-electron chi connectivity index (χ0n) is 17.1. The Balaban J connectivity index is 1.69. The molecule has 13 heteroatoms. The first kappa shape index (κ1) is 24.0. The summed E-state index contributed by atoms with van der Waals surface area (Å²) >= 11 is 1.12. The van der Waals surface area contributed by atoms with Crippen LogP contribution >= 0.6 is 22.7 Å². The minimum atomic E-state index is -4.66. The fraction of sp³-hybridized carbons (Fsp3) is 0.190. The Morgan fingerprint density at radius 1 is 0.882 bits per heavy atom. The van der Waals surface area contributed by atoms with E-state index in [2.05, 4.69) is 15.0 Å². The van der Waals surface area contributed by atoms with E-state index in [0.717, 1.165) is 17.0 Å². The third kappa shape index (κ3) is 5.47. The van der Waals surface area contributed by atoms with Crippen LogP contribution in [0, 0.1) is 0 Å². The van der Waals surface area contributed by atoms with Gasteiger partial charge >= 0.3 is 12.4 Å². The Bertz CT molecular complexity index is 1210. The molecule has 3 aromatic heterocycles. The smallest absolute Gasteiger partial charge is 0.434 e. The lowest BCUT2D eigenvalue weighted by atomic mass is 10.2. The van der Waals surface area contributed by atoms with Gasteiger partial charge in [0, 0.05) is 11.4 Å². The second kappa shape index (κ2) is 9.22. The summed E-state index contributed by atoms with van der Waals surface area (Å²) in [5, 5.41) is 0.673. The van der Waals surface area contributed by atoms with Gasteiger partial charge < -0.3 is 9.47 Å². The average molecular weight is 517 g/mol. The molecule has 34 heavy (non-hydrogen) atoms. The summed E-state index contributed by atoms with van der Waals surface area (Å²) in [5.74, 6) is 0.420. The number of methoxy groups -OCH3 is 1. The number of alkyl halides is 6. The Hall–Kier alpha value is -3.19. The highest BCUT2D eigenvalue weighted by Crippen LogP contribution is 2.39. The zero-order chi connectivity index (χ0) is 24.5. The lowest BCUT2D eigenvalue weighted by molar-refractivity contribution is -0.140. The maximum atomic E-state index is 13.0. The molecule has 0 bridgehead atoms. The maximum absolute atomic E-state index is 13.0. The van der Waals surface area contributed by atoms with E-state index >= 15 is 0 Å². The molecule has 0 spiro atoms. The number of thiophene rings is 1. The normalized spacial score (nSPS) is 12.1. The standard InChI is InChI=1S/C21H13F6N3O2S2/c1-31-12-4-2-11(3-5-12)9-32-17-8-13(14-6-7-16(34-14)21(25,26)27)28-18(30-17)19-29-15(10-33-19)20(22,23)24/h2-8,10H,9H2,1H3. The van der Waals surface area contributed by atoms with E-state index in [-0.39, 0.29) is 33.9 Å². The van der Waals surface area contributed by atoms with Crippen LogP contribution in [0.4, 0.5) is 26.3 Å². The third-order valence-corrected chi connectivity index (χ3v) is 6.36. The van der Waals surface area contributed by atoms with Crippen LogP contribution in [0.5, 0.6) is 11.6 Å². The number of thiazole rings is 1. The van der Waals surface area contributed by atoms with Crippen LogP contribution in [-0.2, 0) is 19.0 Å². The predicted octanol–water partition coefficient (Wildman–Crippen LogP) is 6.95. The second-order valence-corrected chi connectivity index (χ2v) is 8.69. The highest BCUT2D eigenvalue weighted by atomic mass is 32.1. The molecule has 0 aliphatic carbocycles. The van der Waals surface area contributed by atoms with E-state index in [9.17, 15) is 26.3 Å². The molecule has 178 valence electrons. The van der Waals surface area contributed by atoms with Gasteiger partial charge in [-0.2, -0.15) is 31.3 Å². The molecule has 0 unspecified atom stereocenters. The topological polar surface area (TPSA) is 57.1 Å². The van der Waals surface area contributed by atoms with Crippen molar-refractivity contribution in [3.63, 3.8) is 0 Å². The van der Waals surface area contributed by atoms with Crippen molar-refractivity contribution >= 4 is 22.7 Å². The number of halogens is 6. The molecule has 1 aromatic carbocycles. The summed E-state index contributed by atoms with van der Waals surface area (Å²) in [5.41, 5.74) is -0.303. The van der Waals surface area contributed by atoms with Crippen molar-refractivity contribution in [3.05, 3.63) is 64.0 Å². The highest BCUT2D eigenvalue weighted by molar-refractivity contribution is 7.15. The lowest BCUT2D eigenvalue weighted by Gasteiger charge is -2.09. The Morgan fingerprint density at radius 3 is 2.21 bits per heavy atom. The van der Waals surface area contributed by atoms with Crippen molar-refractivity contribution in [2.45, 2.75) is 19.0 Å². The van der Waals surface area contributed by atoms with Crippen molar-refractivity contribution in [1.82, 2.24) is 15.0 Å². The average Bonchev–Trinajstić information content (AvgIpc) is 3.48. The summed E-state index contributed by atoms with van der Waals surface area (Å²) in [6.45, 7) is 0.0454. The van der Waals surface area contributed by atoms with Gasteiger partial charge in [-0.15, -0.1) is 22.7 Å². The fourth-order valence-corrected chi connectivity index (χ4v) is 4.33. The first-order valence-corrected chi connectivity index (χ1v) is 11.1. The molecule has 0 aliphatic rings. The molecule has 4 aromatic rings. The van der Waals surface area contributed by atoms with E-state index in [0.29, 0.717) is 28.4 Å². The molecule has 0 saturated carbocycles. The number of nitrogens with zero attached hydrogens (tertiary/aromatic N) is 3. The van der Waals surface area contributed by atoms with E-state index < -0.39 is 22.9 Å². The quantitative estimate of drug-likeness (QED) is 0.259. The summed E-state index contributed by atoms with van der Waals surface area (Å²) in [6, 6.07) is 10.4. The summed E-state index contributed by atoms with van der Waals surface area (Å²) < 4.78 is 88.9. The molecule has 0 radical (unpaired) electrons. The van der Waals surface area contributed by atoms with Gasteiger partial charge in [0.2, 0.25) is 5.88 Å². The molecule has 0 aliphatic heterocycles. The van der Waals surface area contributed by atoms with Crippen LogP contribution in [0.2, 0.25) is 0 Å². The third-order valence-electron chi connectivity index (χ3n) is 4.37. The molecule has 0 atom stereocenters. The largest absolute Gasteiger partial charge is 0.497 e. The van der Waals surface area contributed by atoms with Gasteiger partial charge in [-0.25, -0.2) is 9.97 Å². The van der Waals surface area contributed by atoms with Crippen LogP contribution in [0.25, 0.3) is 21.4 Å². The summed E-state index contributed by atoms with van der Waals surface area (Å²) in [4.78, 5) is 11.1. The molecule has 3 heterocycles. The number of aromatic nitrogens is 3. The highest BCUT2D eigenvalue weighted by Gasteiger charge is 2.35. The second-order valence-electron chi connectivity index (χ2n) is 6.75. The summed E-state index contributed by atoms with van der Waals surface area (Å²) in [7, 11) is 1.52. The zero-order valence-corrected chi connectivity index (χ0v) is 18.7. The van der Waals surface area contributed by atoms with Gasteiger partial charge in [-0.3, -0.25) is 0 Å². The Labute approximate surface area is 196 Å². The number of rotatable bonds is 6. The van der Waals surface area contributed by atoms with Crippen LogP contribution in [-0.4, -0.2) is 22.1 Å². The van der Waals surface area contributed by atoms with Crippen LogP contribution in [0.15, 0.2) is 47.8 Å². The van der Waals surface area contributed by atoms with Gasteiger partial charge in [0.05, 0.1) is 17.7 Å². The Kier molecular flexibility index (Phi) is 6.49. The van der Waals surface area contributed by atoms with Crippen molar-refractivity contribution in [3.8, 4) is 33.0 Å². The fourth-order valence-electron chi connectivity index (χ4n) is 2.73. The monoisotopic (exact) mass is 517 g/mol. The van der Waals surface area contributed by atoms with Crippen molar-refractivity contribution in [2.75, 3.05) is 7.11 Å². The predicted molar refractivity (Wildman–Crippen MR) is 114 cm³/mol. The molecule has 4 rings (SSSR count). The van der Waals surface area contributed by atoms with Crippen LogP contribution in [0.3, 0.4) is 0 Å². The number of hydrogen-bond acceptors (Lipinski definition) is 7. The van der Waals surface area contributed by atoms with Crippen LogP contribution < -0.4 is 9.47 Å². The van der Waals surface area contributed by atoms with E-state index in [1.807, 2.05) is 0 Å². The van der Waals surface area contributed by atoms with Gasteiger partial charge in [-0.05, 0) is 29.8 Å². The minimum Gasteiger partial charge on any atom is -0.497 e. The van der Waals surface area contributed by atoms with E-state index in [4.69, 9.17) is 9.47 Å². The molecule has 0 fully saturated rings. The Morgan fingerprint density at radius 2 is 1.62 bits per heavy atom. The van der Waals surface area contributed by atoms with Gasteiger partial charge in [0.15, 0.2) is 16.5 Å². The summed E-state index contributed by atoms with van der Waals surface area (Å²) in [6.07, 6.45) is -9.20. The van der Waals surface area contributed by atoms with Gasteiger partial charge in [-0.1, -0.05) is 12.1 Å². The number of benzene rings is 1.